The molecule has 0 radical (unpaired) electrons. The molecule has 1 aliphatic heterocycles. The van der Waals surface area contributed by atoms with Crippen molar-refractivity contribution >= 4 is 30.4 Å². The molecule has 7 heteroatoms. The number of imide groups is 1. The van der Waals surface area contributed by atoms with Gasteiger partial charge in [-0.05, 0) is 13.3 Å². The molecular formula is C14H27N3O3S. The molecule has 0 aromatic carbocycles. The van der Waals surface area contributed by atoms with Crippen LogP contribution in [0.2, 0.25) is 0 Å². The Morgan fingerprint density at radius 3 is 2.43 bits per heavy atom. The molecule has 3 unspecified atom stereocenters. The number of nitrogens with one attached hydrogen (secondary N) is 1. The van der Waals surface area contributed by atoms with Gasteiger partial charge in [0.25, 0.3) is 0 Å². The molecule has 1 aliphatic rings. The second-order valence-electron chi connectivity index (χ2n) is 4.94. The fraction of sp³-hybridized carbons (Fsp3) is 0.786. The number of hydrogen-bond acceptors (Lipinski definition) is 5. The lowest BCUT2D eigenvalue weighted by molar-refractivity contribution is -0.147. The van der Waals surface area contributed by atoms with Gasteiger partial charge in [-0.2, -0.15) is 12.6 Å². The average Bonchev–Trinajstić information content (AvgIpc) is 2.78. The van der Waals surface area contributed by atoms with E-state index in [1.807, 2.05) is 27.7 Å². The Hall–Kier alpha value is -1.08. The first-order valence-electron chi connectivity index (χ1n) is 7.30. The van der Waals surface area contributed by atoms with E-state index in [2.05, 4.69) is 17.9 Å². The van der Waals surface area contributed by atoms with Crippen molar-refractivity contribution in [1.29, 1.82) is 0 Å². The number of rotatable bonds is 5. The summed E-state index contributed by atoms with van der Waals surface area (Å²) in [5.41, 5.74) is 5.51. The van der Waals surface area contributed by atoms with Crippen LogP contribution < -0.4 is 11.1 Å². The van der Waals surface area contributed by atoms with Crippen molar-refractivity contribution in [3.05, 3.63) is 0 Å². The standard InChI is InChI=1S/C12H21N3O3S.C2H6/c1-4-12(2,19)7-5-9(16)15(11(7)18)8(6-13)10(17)14-3;1-2/h7-8,19H,4-6,13H2,1-3H3,(H,14,17);1-2H3. The summed E-state index contributed by atoms with van der Waals surface area (Å²) in [6.45, 7) is 7.65. The van der Waals surface area contributed by atoms with Crippen molar-refractivity contribution < 1.29 is 14.4 Å². The van der Waals surface area contributed by atoms with Crippen LogP contribution in [0.4, 0.5) is 0 Å². The number of likely N-dealkylation sites (tertiary alicyclic amines) is 1. The number of carbonyl (C=O) groups is 3. The van der Waals surface area contributed by atoms with Crippen LogP contribution in [0.15, 0.2) is 0 Å². The lowest BCUT2D eigenvalue weighted by atomic mass is 9.89. The van der Waals surface area contributed by atoms with Gasteiger partial charge in [0.1, 0.15) is 6.04 Å². The zero-order chi connectivity index (χ0) is 16.8. The third-order valence-corrected chi connectivity index (χ3v) is 4.36. The van der Waals surface area contributed by atoms with E-state index in [9.17, 15) is 14.4 Å². The Balaban J connectivity index is 0.00000191. The summed E-state index contributed by atoms with van der Waals surface area (Å²) in [5.74, 6) is -1.65. The summed E-state index contributed by atoms with van der Waals surface area (Å²) >= 11 is 4.46. The molecule has 1 rings (SSSR count). The lowest BCUT2D eigenvalue weighted by Gasteiger charge is -2.29. The van der Waals surface area contributed by atoms with E-state index < -0.39 is 22.6 Å². The van der Waals surface area contributed by atoms with Gasteiger partial charge < -0.3 is 11.1 Å². The Labute approximate surface area is 132 Å². The number of thiol groups is 1. The van der Waals surface area contributed by atoms with E-state index in [1.165, 1.54) is 7.05 Å². The first kappa shape index (κ1) is 19.9. The van der Waals surface area contributed by atoms with Gasteiger partial charge in [0, 0.05) is 24.8 Å². The molecule has 1 heterocycles. The van der Waals surface area contributed by atoms with Gasteiger partial charge in [0.05, 0.1) is 5.92 Å². The predicted molar refractivity (Wildman–Crippen MR) is 85.9 cm³/mol. The van der Waals surface area contributed by atoms with Crippen LogP contribution in [0.5, 0.6) is 0 Å². The predicted octanol–water partition coefficient (Wildman–Crippen LogP) is 0.560. The molecule has 3 atom stereocenters. The number of nitrogens with zero attached hydrogens (tertiary/aromatic N) is 1. The molecule has 1 fully saturated rings. The second kappa shape index (κ2) is 8.38. The molecule has 21 heavy (non-hydrogen) atoms. The van der Waals surface area contributed by atoms with Gasteiger partial charge in [0.2, 0.25) is 17.7 Å². The Bertz CT molecular complexity index is 399. The van der Waals surface area contributed by atoms with Crippen molar-refractivity contribution in [3.8, 4) is 0 Å². The quantitative estimate of drug-likeness (QED) is 0.510. The molecule has 0 aliphatic carbocycles. The summed E-state index contributed by atoms with van der Waals surface area (Å²) in [6, 6.07) is -0.934. The van der Waals surface area contributed by atoms with Crippen molar-refractivity contribution in [2.75, 3.05) is 13.6 Å². The highest BCUT2D eigenvalue weighted by atomic mass is 32.1. The van der Waals surface area contributed by atoms with E-state index in [4.69, 9.17) is 5.73 Å². The first-order valence-corrected chi connectivity index (χ1v) is 7.74. The normalized spacial score (nSPS) is 22.2. The van der Waals surface area contributed by atoms with E-state index in [0.29, 0.717) is 6.42 Å². The number of nitrogens with two attached hydrogens (primary N) is 1. The van der Waals surface area contributed by atoms with E-state index in [1.54, 1.807) is 0 Å². The van der Waals surface area contributed by atoms with Crippen molar-refractivity contribution in [1.82, 2.24) is 10.2 Å². The van der Waals surface area contributed by atoms with Crippen LogP contribution >= 0.6 is 12.6 Å². The maximum atomic E-state index is 12.4. The van der Waals surface area contributed by atoms with Gasteiger partial charge in [-0.15, -0.1) is 0 Å². The van der Waals surface area contributed by atoms with Gasteiger partial charge in [-0.3, -0.25) is 19.3 Å². The topological polar surface area (TPSA) is 92.5 Å². The van der Waals surface area contributed by atoms with Gasteiger partial charge in [0.15, 0.2) is 0 Å². The summed E-state index contributed by atoms with van der Waals surface area (Å²) < 4.78 is -0.566. The molecule has 0 spiro atoms. The maximum Gasteiger partial charge on any atom is 0.244 e. The third kappa shape index (κ3) is 4.20. The molecule has 0 aromatic rings. The van der Waals surface area contributed by atoms with Crippen molar-refractivity contribution in [2.24, 2.45) is 11.7 Å². The summed E-state index contributed by atoms with van der Waals surface area (Å²) in [4.78, 5) is 37.1. The van der Waals surface area contributed by atoms with E-state index >= 15 is 0 Å². The Morgan fingerprint density at radius 2 is 2.05 bits per heavy atom. The van der Waals surface area contributed by atoms with Crippen molar-refractivity contribution in [3.63, 3.8) is 0 Å². The summed E-state index contributed by atoms with van der Waals surface area (Å²) in [6.07, 6.45) is 0.737. The summed E-state index contributed by atoms with van der Waals surface area (Å²) in [5, 5.41) is 2.42. The van der Waals surface area contributed by atoms with Crippen LogP contribution in [0, 0.1) is 5.92 Å². The molecule has 6 nitrogen and oxygen atoms in total. The van der Waals surface area contributed by atoms with Gasteiger partial charge >= 0.3 is 0 Å². The molecule has 0 aromatic heterocycles. The minimum absolute atomic E-state index is 0.0835. The summed E-state index contributed by atoms with van der Waals surface area (Å²) in [7, 11) is 1.45. The number of carbonyl (C=O) groups excluding carboxylic acids is 3. The Kier molecular flexibility index (Phi) is 7.95. The molecule has 1 saturated heterocycles. The minimum Gasteiger partial charge on any atom is -0.357 e. The second-order valence-corrected chi connectivity index (χ2v) is 5.96. The van der Waals surface area contributed by atoms with Crippen LogP contribution in [-0.4, -0.2) is 47.0 Å². The molecular weight excluding hydrogens is 290 g/mol. The SMILES string of the molecule is CC.CCC(C)(S)C1CC(=O)N(C(CN)C(=O)NC)C1=O. The first-order chi connectivity index (χ1) is 9.80. The zero-order valence-corrected chi connectivity index (χ0v) is 14.4. The highest BCUT2D eigenvalue weighted by molar-refractivity contribution is 7.81. The average molecular weight is 317 g/mol. The van der Waals surface area contributed by atoms with E-state index in [-0.39, 0.29) is 24.8 Å². The molecule has 3 amide bonds. The van der Waals surface area contributed by atoms with Crippen LogP contribution in [0.25, 0.3) is 0 Å². The molecule has 122 valence electrons. The fourth-order valence-corrected chi connectivity index (χ4v) is 2.41. The number of amides is 3. The highest BCUT2D eigenvalue weighted by Crippen LogP contribution is 2.37. The number of likely N-dealkylation sites (N-methyl/N-ethyl adjacent to an activating group) is 1. The number of hydrogen-bond donors (Lipinski definition) is 3. The molecule has 0 bridgehead atoms. The van der Waals surface area contributed by atoms with Crippen molar-refractivity contribution in [2.45, 2.75) is 51.3 Å². The zero-order valence-electron chi connectivity index (χ0n) is 13.5. The lowest BCUT2D eigenvalue weighted by Crippen LogP contribution is -2.53. The molecule has 3 N–H and O–H groups in total. The van der Waals surface area contributed by atoms with Gasteiger partial charge in [-0.1, -0.05) is 20.8 Å². The minimum atomic E-state index is -0.934. The van der Waals surface area contributed by atoms with E-state index in [0.717, 1.165) is 4.90 Å². The van der Waals surface area contributed by atoms with Crippen LogP contribution in [0.1, 0.15) is 40.5 Å². The third-order valence-electron chi connectivity index (χ3n) is 3.73. The largest absolute Gasteiger partial charge is 0.357 e. The fourth-order valence-electron chi connectivity index (χ4n) is 2.21. The molecule has 0 saturated carbocycles. The highest BCUT2D eigenvalue weighted by Gasteiger charge is 2.49. The van der Waals surface area contributed by atoms with Gasteiger partial charge in [-0.25, -0.2) is 0 Å². The van der Waals surface area contributed by atoms with Crippen LogP contribution in [0.3, 0.4) is 0 Å². The Morgan fingerprint density at radius 1 is 1.52 bits per heavy atom. The van der Waals surface area contributed by atoms with Crippen LogP contribution in [-0.2, 0) is 14.4 Å². The monoisotopic (exact) mass is 317 g/mol. The smallest absolute Gasteiger partial charge is 0.244 e. The maximum absolute atomic E-state index is 12.4.